The number of aromatic nitrogens is 2. The molecule has 0 aliphatic carbocycles. The van der Waals surface area contributed by atoms with Gasteiger partial charge in [-0.15, -0.1) is 0 Å². The Morgan fingerprint density at radius 3 is 2.38 bits per heavy atom. The largest absolute Gasteiger partial charge is 0.332 e. The topological polar surface area (TPSA) is 73.1 Å². The van der Waals surface area contributed by atoms with Crippen LogP contribution in [0.15, 0.2) is 76.3 Å². The van der Waals surface area contributed by atoms with Gasteiger partial charge in [0, 0.05) is 6.07 Å². The lowest BCUT2D eigenvalue weighted by Gasteiger charge is -2.14. The molecule has 1 aromatic heterocycles. The van der Waals surface area contributed by atoms with E-state index in [0.29, 0.717) is 6.07 Å². The average Bonchev–Trinajstić information content (AvgIpc) is 2.77. The van der Waals surface area contributed by atoms with Crippen molar-refractivity contribution in [3.05, 3.63) is 110 Å². The predicted molar refractivity (Wildman–Crippen MR) is 118 cm³/mol. The number of nitrogens with one attached hydrogen (secondary N) is 1. The van der Waals surface area contributed by atoms with Gasteiger partial charge in [0.1, 0.15) is 18.2 Å². The Labute approximate surface area is 181 Å². The summed E-state index contributed by atoms with van der Waals surface area (Å²) in [5, 5.41) is 2.62. The molecule has 4 rings (SSSR count). The minimum absolute atomic E-state index is 0.0387. The Morgan fingerprint density at radius 1 is 0.938 bits per heavy atom. The first kappa shape index (κ1) is 21.2. The van der Waals surface area contributed by atoms with Crippen LogP contribution in [0.5, 0.6) is 0 Å². The van der Waals surface area contributed by atoms with Crippen LogP contribution in [0.4, 0.5) is 14.5 Å². The quantitative estimate of drug-likeness (QED) is 0.522. The second-order valence-electron chi connectivity index (χ2n) is 7.44. The highest BCUT2D eigenvalue weighted by molar-refractivity contribution is 5.91. The van der Waals surface area contributed by atoms with E-state index in [4.69, 9.17) is 0 Å². The summed E-state index contributed by atoms with van der Waals surface area (Å²) in [5.74, 6) is -2.39. The molecular formula is C24H19F2N3O3. The first-order valence-electron chi connectivity index (χ1n) is 9.86. The van der Waals surface area contributed by atoms with Crippen molar-refractivity contribution in [3.63, 3.8) is 0 Å². The van der Waals surface area contributed by atoms with Gasteiger partial charge in [-0.3, -0.25) is 18.7 Å². The van der Waals surface area contributed by atoms with Crippen molar-refractivity contribution in [1.29, 1.82) is 0 Å². The van der Waals surface area contributed by atoms with E-state index in [2.05, 4.69) is 5.32 Å². The van der Waals surface area contributed by atoms with E-state index in [1.165, 1.54) is 4.57 Å². The number of anilines is 1. The molecule has 1 N–H and O–H groups in total. The maximum Gasteiger partial charge on any atom is 0.332 e. The summed E-state index contributed by atoms with van der Waals surface area (Å²) in [7, 11) is 0. The molecule has 1 amide bonds. The first-order valence-corrected chi connectivity index (χ1v) is 9.86. The zero-order chi connectivity index (χ0) is 22.8. The van der Waals surface area contributed by atoms with Crippen molar-refractivity contribution in [2.45, 2.75) is 20.0 Å². The average molecular weight is 435 g/mol. The van der Waals surface area contributed by atoms with Crippen LogP contribution in [0.3, 0.4) is 0 Å². The van der Waals surface area contributed by atoms with Gasteiger partial charge < -0.3 is 5.32 Å². The fraction of sp³-hybridized carbons (Fsp3) is 0.125. The SMILES string of the molecule is Cc1ccc(Cn2c(=O)c3ccccc3n(CC(=O)Nc3ccc(F)cc3F)c2=O)cc1. The van der Waals surface area contributed by atoms with Crippen LogP contribution < -0.4 is 16.6 Å². The van der Waals surface area contributed by atoms with Gasteiger partial charge in [-0.2, -0.15) is 0 Å². The van der Waals surface area contributed by atoms with E-state index in [9.17, 15) is 23.2 Å². The van der Waals surface area contributed by atoms with Gasteiger partial charge in [0.15, 0.2) is 0 Å². The molecule has 0 atom stereocenters. The maximum atomic E-state index is 13.9. The molecule has 3 aromatic carbocycles. The molecule has 1 heterocycles. The van der Waals surface area contributed by atoms with E-state index in [1.807, 2.05) is 31.2 Å². The molecule has 6 nitrogen and oxygen atoms in total. The normalized spacial score (nSPS) is 11.0. The van der Waals surface area contributed by atoms with Crippen LogP contribution in [-0.2, 0) is 17.9 Å². The Bertz CT molecular complexity index is 1440. The summed E-state index contributed by atoms with van der Waals surface area (Å²) in [4.78, 5) is 38.8. The molecular weight excluding hydrogens is 416 g/mol. The lowest BCUT2D eigenvalue weighted by Crippen LogP contribution is -2.42. The number of hydrogen-bond donors (Lipinski definition) is 1. The molecule has 0 unspecified atom stereocenters. The molecule has 0 fully saturated rings. The Kier molecular flexibility index (Phi) is 5.68. The summed E-state index contributed by atoms with van der Waals surface area (Å²) in [6.07, 6.45) is 0. The lowest BCUT2D eigenvalue weighted by molar-refractivity contribution is -0.116. The predicted octanol–water partition coefficient (Wildman–Crippen LogP) is 3.44. The van der Waals surface area contributed by atoms with Crippen molar-refractivity contribution in [1.82, 2.24) is 9.13 Å². The molecule has 162 valence electrons. The zero-order valence-electron chi connectivity index (χ0n) is 17.1. The van der Waals surface area contributed by atoms with Crippen molar-refractivity contribution in [2.75, 3.05) is 5.32 Å². The third kappa shape index (κ3) is 4.20. The van der Waals surface area contributed by atoms with E-state index in [0.717, 1.165) is 27.8 Å². The molecule has 0 aliphatic heterocycles. The van der Waals surface area contributed by atoms with Crippen molar-refractivity contribution >= 4 is 22.5 Å². The first-order chi connectivity index (χ1) is 15.3. The van der Waals surface area contributed by atoms with Gasteiger partial charge in [0.25, 0.3) is 5.56 Å². The zero-order valence-corrected chi connectivity index (χ0v) is 17.1. The minimum Gasteiger partial charge on any atom is -0.322 e. The maximum absolute atomic E-state index is 13.9. The highest BCUT2D eigenvalue weighted by Crippen LogP contribution is 2.15. The Balaban J connectivity index is 1.74. The fourth-order valence-corrected chi connectivity index (χ4v) is 3.46. The van der Waals surface area contributed by atoms with Gasteiger partial charge in [0.2, 0.25) is 5.91 Å². The van der Waals surface area contributed by atoms with Crippen molar-refractivity contribution < 1.29 is 13.6 Å². The molecule has 0 radical (unpaired) electrons. The number of rotatable bonds is 5. The smallest absolute Gasteiger partial charge is 0.322 e. The Hall–Kier alpha value is -4.07. The van der Waals surface area contributed by atoms with Crippen LogP contribution in [0.2, 0.25) is 0 Å². The minimum atomic E-state index is -0.931. The third-order valence-corrected chi connectivity index (χ3v) is 5.10. The number of hydrogen-bond acceptors (Lipinski definition) is 3. The van der Waals surface area contributed by atoms with Gasteiger partial charge in [0.05, 0.1) is 23.1 Å². The number of aryl methyl sites for hydroxylation is 1. The highest BCUT2D eigenvalue weighted by atomic mass is 19.1. The van der Waals surface area contributed by atoms with Gasteiger partial charge in [-0.1, -0.05) is 42.0 Å². The number of nitrogens with zero attached hydrogens (tertiary/aromatic N) is 2. The van der Waals surface area contributed by atoms with Gasteiger partial charge in [-0.05, 0) is 36.8 Å². The van der Waals surface area contributed by atoms with Crippen LogP contribution in [0.25, 0.3) is 10.9 Å². The van der Waals surface area contributed by atoms with Gasteiger partial charge >= 0.3 is 5.69 Å². The Morgan fingerprint density at radius 2 is 1.66 bits per heavy atom. The molecule has 0 bridgehead atoms. The van der Waals surface area contributed by atoms with E-state index in [-0.39, 0.29) is 23.1 Å². The number of carbonyl (C=O) groups excluding carboxylic acids is 1. The molecule has 4 aromatic rings. The summed E-state index contributed by atoms with van der Waals surface area (Å²) < 4.78 is 29.2. The number of carbonyl (C=O) groups is 1. The van der Waals surface area contributed by atoms with E-state index >= 15 is 0 Å². The monoisotopic (exact) mass is 435 g/mol. The highest BCUT2D eigenvalue weighted by Gasteiger charge is 2.16. The second kappa shape index (κ2) is 8.58. The number of para-hydroxylation sites is 1. The van der Waals surface area contributed by atoms with E-state index < -0.39 is 35.3 Å². The summed E-state index contributed by atoms with van der Waals surface area (Å²) in [6, 6.07) is 16.6. The van der Waals surface area contributed by atoms with E-state index in [1.54, 1.807) is 24.3 Å². The van der Waals surface area contributed by atoms with Crippen LogP contribution in [-0.4, -0.2) is 15.0 Å². The number of fused-ring (bicyclic) bond motifs is 1. The fourth-order valence-electron chi connectivity index (χ4n) is 3.46. The third-order valence-electron chi connectivity index (χ3n) is 5.10. The summed E-state index contributed by atoms with van der Waals surface area (Å²) >= 11 is 0. The standard InChI is InChI=1S/C24H19F2N3O3/c1-15-6-8-16(9-7-15)13-29-23(31)18-4-2-3-5-21(18)28(24(29)32)14-22(30)27-20-11-10-17(25)12-19(20)26/h2-12H,13-14H2,1H3,(H,27,30). The summed E-state index contributed by atoms with van der Waals surface area (Å²) in [6.45, 7) is 1.52. The molecule has 0 saturated carbocycles. The van der Waals surface area contributed by atoms with Crippen LogP contribution in [0, 0.1) is 18.6 Å². The number of benzene rings is 3. The molecule has 0 saturated heterocycles. The molecule has 32 heavy (non-hydrogen) atoms. The van der Waals surface area contributed by atoms with Crippen LogP contribution >= 0.6 is 0 Å². The number of halogens is 2. The molecule has 8 heteroatoms. The van der Waals surface area contributed by atoms with Gasteiger partial charge in [-0.25, -0.2) is 13.6 Å². The second-order valence-corrected chi connectivity index (χ2v) is 7.44. The molecule has 0 aliphatic rings. The molecule has 0 spiro atoms. The van der Waals surface area contributed by atoms with Crippen LogP contribution in [0.1, 0.15) is 11.1 Å². The van der Waals surface area contributed by atoms with Crippen molar-refractivity contribution in [3.8, 4) is 0 Å². The number of amides is 1. The summed E-state index contributed by atoms with van der Waals surface area (Å²) in [5.41, 5.74) is 0.756. The lowest BCUT2D eigenvalue weighted by atomic mass is 10.1. The van der Waals surface area contributed by atoms with Crippen molar-refractivity contribution in [2.24, 2.45) is 0 Å².